The molecule has 0 fully saturated rings. The average molecular weight is 328 g/mol. The van der Waals surface area contributed by atoms with Crippen LogP contribution in [0.25, 0.3) is 11.0 Å². The molecule has 0 bridgehead atoms. The lowest BCUT2D eigenvalue weighted by atomic mass is 10.1. The van der Waals surface area contributed by atoms with Crippen LogP contribution in [0.2, 0.25) is 0 Å². The second-order valence-corrected chi connectivity index (χ2v) is 6.76. The van der Waals surface area contributed by atoms with E-state index in [1.165, 1.54) is 16.9 Å². The predicted molar refractivity (Wildman–Crippen MR) is 94.1 cm³/mol. The number of aromatic nitrogens is 1. The Hall–Kier alpha value is -2.14. The van der Waals surface area contributed by atoms with Crippen LogP contribution in [-0.2, 0) is 17.6 Å². The van der Waals surface area contributed by atoms with Crippen molar-refractivity contribution in [1.82, 2.24) is 4.98 Å². The van der Waals surface area contributed by atoms with Crippen molar-refractivity contribution in [3.8, 4) is 0 Å². The van der Waals surface area contributed by atoms with E-state index in [-0.39, 0.29) is 12.3 Å². The van der Waals surface area contributed by atoms with Crippen LogP contribution in [0.5, 0.6) is 0 Å². The minimum atomic E-state index is -0.0723. The van der Waals surface area contributed by atoms with E-state index < -0.39 is 0 Å². The number of fused-ring (bicyclic) bond motifs is 1. The van der Waals surface area contributed by atoms with Gasteiger partial charge in [-0.1, -0.05) is 32.9 Å². The minimum Gasteiger partial charge on any atom is -0.464 e. The summed E-state index contributed by atoms with van der Waals surface area (Å²) in [6.45, 7) is 6.28. The zero-order valence-corrected chi connectivity index (χ0v) is 14.4. The number of nitrogens with one attached hydrogen (secondary N) is 1. The lowest BCUT2D eigenvalue weighted by Crippen LogP contribution is -2.14. The van der Waals surface area contributed by atoms with Crippen molar-refractivity contribution in [2.24, 2.45) is 0 Å². The summed E-state index contributed by atoms with van der Waals surface area (Å²) in [6, 6.07) is 6.14. The van der Waals surface area contributed by atoms with Gasteiger partial charge in [-0.3, -0.25) is 4.79 Å². The number of benzene rings is 1. The first-order valence-electron chi connectivity index (χ1n) is 7.81. The van der Waals surface area contributed by atoms with Crippen LogP contribution in [0.1, 0.15) is 43.5 Å². The molecule has 0 aliphatic carbocycles. The minimum absolute atomic E-state index is 0.0723. The third kappa shape index (κ3) is 3.45. The van der Waals surface area contributed by atoms with Gasteiger partial charge in [0.15, 0.2) is 5.13 Å². The highest BCUT2D eigenvalue weighted by molar-refractivity contribution is 7.13. The van der Waals surface area contributed by atoms with Crippen LogP contribution in [0, 0.1) is 0 Å². The number of thiazole rings is 1. The van der Waals surface area contributed by atoms with E-state index in [1.54, 1.807) is 6.26 Å². The highest BCUT2D eigenvalue weighted by Gasteiger charge is 2.13. The lowest BCUT2D eigenvalue weighted by Gasteiger charge is -2.01. The van der Waals surface area contributed by atoms with Crippen molar-refractivity contribution < 1.29 is 9.21 Å². The van der Waals surface area contributed by atoms with Crippen molar-refractivity contribution >= 4 is 33.3 Å². The van der Waals surface area contributed by atoms with Crippen LogP contribution < -0.4 is 5.32 Å². The zero-order chi connectivity index (χ0) is 16.4. The molecule has 3 rings (SSSR count). The molecule has 0 saturated carbocycles. The van der Waals surface area contributed by atoms with Gasteiger partial charge in [0.2, 0.25) is 5.91 Å². The molecule has 0 spiro atoms. The number of aryl methyl sites for hydroxylation is 1. The number of anilines is 1. The monoisotopic (exact) mass is 328 g/mol. The topological polar surface area (TPSA) is 55.1 Å². The fourth-order valence-corrected chi connectivity index (χ4v) is 3.32. The van der Waals surface area contributed by atoms with Crippen molar-refractivity contribution in [3.05, 3.63) is 46.7 Å². The predicted octanol–water partition coefficient (Wildman–Crippen LogP) is 4.76. The Labute approximate surface area is 139 Å². The highest BCUT2D eigenvalue weighted by Crippen LogP contribution is 2.25. The van der Waals surface area contributed by atoms with Gasteiger partial charge in [-0.05, 0) is 24.0 Å². The summed E-state index contributed by atoms with van der Waals surface area (Å²) in [7, 11) is 0. The second kappa shape index (κ2) is 6.54. The Bertz CT molecular complexity index is 833. The maximum atomic E-state index is 12.2. The van der Waals surface area contributed by atoms with Gasteiger partial charge in [-0.15, -0.1) is 11.3 Å². The van der Waals surface area contributed by atoms with Crippen LogP contribution in [0.15, 0.2) is 34.3 Å². The molecule has 2 aromatic heterocycles. The molecule has 0 aliphatic heterocycles. The number of hydrogen-bond acceptors (Lipinski definition) is 4. The Kier molecular flexibility index (Phi) is 4.48. The van der Waals surface area contributed by atoms with Crippen LogP contribution in [0.3, 0.4) is 0 Å². The molecule has 1 N–H and O–H groups in total. The molecule has 0 saturated heterocycles. The van der Waals surface area contributed by atoms with E-state index in [9.17, 15) is 4.79 Å². The van der Waals surface area contributed by atoms with E-state index in [0.29, 0.717) is 11.0 Å². The van der Waals surface area contributed by atoms with Gasteiger partial charge < -0.3 is 9.73 Å². The highest BCUT2D eigenvalue weighted by atomic mass is 32.1. The molecule has 0 unspecified atom stereocenters. The Morgan fingerprint density at radius 3 is 2.91 bits per heavy atom. The van der Waals surface area contributed by atoms with E-state index in [1.807, 2.05) is 17.5 Å². The third-order valence-electron chi connectivity index (χ3n) is 3.84. The molecule has 2 heterocycles. The molecule has 1 amide bonds. The van der Waals surface area contributed by atoms with E-state index in [0.717, 1.165) is 28.6 Å². The summed E-state index contributed by atoms with van der Waals surface area (Å²) in [4.78, 5) is 16.7. The van der Waals surface area contributed by atoms with E-state index >= 15 is 0 Å². The van der Waals surface area contributed by atoms with Crippen LogP contribution in [0.4, 0.5) is 5.13 Å². The van der Waals surface area contributed by atoms with Gasteiger partial charge in [0.05, 0.1) is 18.4 Å². The summed E-state index contributed by atoms with van der Waals surface area (Å²) >= 11 is 1.46. The number of amides is 1. The summed E-state index contributed by atoms with van der Waals surface area (Å²) in [5.74, 6) is 0.291. The molecule has 1 aromatic carbocycles. The fraction of sp³-hybridized carbons (Fsp3) is 0.333. The molecule has 23 heavy (non-hydrogen) atoms. The summed E-state index contributed by atoms with van der Waals surface area (Å²) < 4.78 is 5.59. The van der Waals surface area contributed by atoms with Crippen LogP contribution in [-0.4, -0.2) is 10.9 Å². The maximum Gasteiger partial charge on any atom is 0.230 e. The molecular weight excluding hydrogens is 308 g/mol. The molecular formula is C18H20N2O2S. The van der Waals surface area contributed by atoms with Gasteiger partial charge in [-0.25, -0.2) is 4.98 Å². The van der Waals surface area contributed by atoms with E-state index in [4.69, 9.17) is 4.42 Å². The number of nitrogens with zero attached hydrogens (tertiary/aromatic N) is 1. The SMILES string of the molecule is CCc1ccc2c(CC(=O)Nc3nc(C(C)C)cs3)coc2c1. The standard InChI is InChI=1S/C18H20N2O2S/c1-4-12-5-6-14-13(9-22-16(14)7-12)8-17(21)20-18-19-15(10-23-18)11(2)3/h5-7,9-11H,4,8H2,1-3H3,(H,19,20,21). The number of hydrogen-bond donors (Lipinski definition) is 1. The largest absolute Gasteiger partial charge is 0.464 e. The number of furan rings is 1. The molecule has 5 heteroatoms. The Balaban J connectivity index is 1.72. The molecule has 4 nitrogen and oxygen atoms in total. The maximum absolute atomic E-state index is 12.2. The average Bonchev–Trinajstić information content (AvgIpc) is 3.14. The summed E-state index contributed by atoms with van der Waals surface area (Å²) in [6.07, 6.45) is 2.93. The first kappa shape index (κ1) is 15.7. The smallest absolute Gasteiger partial charge is 0.230 e. The van der Waals surface area contributed by atoms with Crippen molar-refractivity contribution in [3.63, 3.8) is 0 Å². The quantitative estimate of drug-likeness (QED) is 0.735. The summed E-state index contributed by atoms with van der Waals surface area (Å²) in [5, 5.41) is 6.51. The number of carbonyl (C=O) groups excluding carboxylic acids is 1. The first-order chi connectivity index (χ1) is 11.1. The van der Waals surface area contributed by atoms with Crippen molar-refractivity contribution in [1.29, 1.82) is 0 Å². The molecule has 0 aliphatic rings. The van der Waals surface area contributed by atoms with Crippen LogP contribution >= 0.6 is 11.3 Å². The number of carbonyl (C=O) groups is 1. The Morgan fingerprint density at radius 1 is 1.39 bits per heavy atom. The van der Waals surface area contributed by atoms with Crippen molar-refractivity contribution in [2.45, 2.75) is 39.5 Å². The van der Waals surface area contributed by atoms with Gasteiger partial charge in [0.25, 0.3) is 0 Å². The third-order valence-corrected chi connectivity index (χ3v) is 4.62. The number of rotatable bonds is 5. The zero-order valence-electron chi connectivity index (χ0n) is 13.6. The molecule has 120 valence electrons. The Morgan fingerprint density at radius 2 is 2.22 bits per heavy atom. The molecule has 3 aromatic rings. The van der Waals surface area contributed by atoms with Gasteiger partial charge in [-0.2, -0.15) is 0 Å². The molecule has 0 atom stereocenters. The van der Waals surface area contributed by atoms with E-state index in [2.05, 4.69) is 37.1 Å². The van der Waals surface area contributed by atoms with Crippen molar-refractivity contribution in [2.75, 3.05) is 5.32 Å². The van der Waals surface area contributed by atoms with Gasteiger partial charge >= 0.3 is 0 Å². The summed E-state index contributed by atoms with van der Waals surface area (Å²) in [5.41, 5.74) is 3.97. The molecule has 0 radical (unpaired) electrons. The van der Waals surface area contributed by atoms with Gasteiger partial charge in [0.1, 0.15) is 5.58 Å². The second-order valence-electron chi connectivity index (χ2n) is 5.90. The normalized spacial score (nSPS) is 11.3. The first-order valence-corrected chi connectivity index (χ1v) is 8.69. The lowest BCUT2D eigenvalue weighted by molar-refractivity contribution is -0.115. The van der Waals surface area contributed by atoms with Gasteiger partial charge in [0, 0.05) is 16.3 Å². The fourth-order valence-electron chi connectivity index (χ4n) is 2.43.